The largest absolute Gasteiger partial charge is 0.497 e. The maximum absolute atomic E-state index is 11.5. The lowest BCUT2D eigenvalue weighted by atomic mass is 10.2. The van der Waals surface area contributed by atoms with Crippen LogP contribution in [0.5, 0.6) is 5.75 Å². The molecule has 0 spiro atoms. The van der Waals surface area contributed by atoms with E-state index in [0.29, 0.717) is 16.5 Å². The van der Waals surface area contributed by atoms with Crippen LogP contribution >= 0.6 is 11.6 Å². The summed E-state index contributed by atoms with van der Waals surface area (Å²) >= 11 is 5.93. The highest BCUT2D eigenvalue weighted by Crippen LogP contribution is 2.26. The Balaban J connectivity index is 2.75. The van der Waals surface area contributed by atoms with Gasteiger partial charge in [-0.2, -0.15) is 0 Å². The van der Waals surface area contributed by atoms with Crippen molar-refractivity contribution in [2.45, 2.75) is 19.4 Å². The Bertz CT molecular complexity index is 380. The number of halogens is 1. The van der Waals surface area contributed by atoms with Crippen LogP contribution in [0.4, 0.5) is 5.69 Å². The monoisotopic (exact) mass is 242 g/mol. The van der Waals surface area contributed by atoms with E-state index in [1.807, 2.05) is 0 Å². The second-order valence-electron chi connectivity index (χ2n) is 3.58. The van der Waals surface area contributed by atoms with E-state index >= 15 is 0 Å². The molecule has 1 aromatic carbocycles. The fourth-order valence-corrected chi connectivity index (χ4v) is 1.39. The SMILES string of the molecule is COc1ccc(Cl)c(NC(=O)CC(C)N)c1. The third kappa shape index (κ3) is 3.72. The Morgan fingerprint density at radius 2 is 2.31 bits per heavy atom. The van der Waals surface area contributed by atoms with Crippen molar-refractivity contribution in [1.82, 2.24) is 0 Å². The van der Waals surface area contributed by atoms with Crippen LogP contribution < -0.4 is 15.8 Å². The summed E-state index contributed by atoms with van der Waals surface area (Å²) in [4.78, 5) is 11.5. The van der Waals surface area contributed by atoms with Crippen LogP contribution in [0, 0.1) is 0 Å². The summed E-state index contributed by atoms with van der Waals surface area (Å²) in [6.07, 6.45) is 0.257. The summed E-state index contributed by atoms with van der Waals surface area (Å²) in [5.41, 5.74) is 6.06. The van der Waals surface area contributed by atoms with Gasteiger partial charge < -0.3 is 15.8 Å². The normalized spacial score (nSPS) is 12.0. The van der Waals surface area contributed by atoms with Gasteiger partial charge in [0.05, 0.1) is 17.8 Å². The standard InChI is InChI=1S/C11H15ClN2O2/c1-7(13)5-11(15)14-10-6-8(16-2)3-4-9(10)12/h3-4,6-7H,5,13H2,1-2H3,(H,14,15). The van der Waals surface area contributed by atoms with Gasteiger partial charge in [-0.3, -0.25) is 4.79 Å². The fourth-order valence-electron chi connectivity index (χ4n) is 1.22. The van der Waals surface area contributed by atoms with Crippen LogP contribution in [-0.2, 0) is 4.79 Å². The van der Waals surface area contributed by atoms with Gasteiger partial charge in [0.2, 0.25) is 5.91 Å². The van der Waals surface area contributed by atoms with E-state index in [-0.39, 0.29) is 18.4 Å². The van der Waals surface area contributed by atoms with Crippen molar-refractivity contribution < 1.29 is 9.53 Å². The Morgan fingerprint density at radius 3 is 2.88 bits per heavy atom. The molecule has 0 aliphatic heterocycles. The first kappa shape index (κ1) is 12.8. The highest BCUT2D eigenvalue weighted by Gasteiger charge is 2.08. The highest BCUT2D eigenvalue weighted by atomic mass is 35.5. The fraction of sp³-hybridized carbons (Fsp3) is 0.364. The first-order chi connectivity index (χ1) is 7.52. The topological polar surface area (TPSA) is 64.3 Å². The van der Waals surface area contributed by atoms with Crippen LogP contribution in [-0.4, -0.2) is 19.1 Å². The highest BCUT2D eigenvalue weighted by molar-refractivity contribution is 6.33. The number of hydrogen-bond acceptors (Lipinski definition) is 3. The van der Waals surface area contributed by atoms with Gasteiger partial charge in [0, 0.05) is 18.5 Å². The second-order valence-corrected chi connectivity index (χ2v) is 3.98. The van der Waals surface area contributed by atoms with E-state index in [2.05, 4.69) is 5.32 Å². The number of nitrogens with one attached hydrogen (secondary N) is 1. The van der Waals surface area contributed by atoms with Crippen molar-refractivity contribution in [1.29, 1.82) is 0 Å². The summed E-state index contributed by atoms with van der Waals surface area (Å²) in [6, 6.07) is 4.89. The predicted molar refractivity (Wildman–Crippen MR) is 64.9 cm³/mol. The number of benzene rings is 1. The Kier molecular flexibility index (Phi) is 4.58. The van der Waals surface area contributed by atoms with Gasteiger partial charge in [-0.1, -0.05) is 11.6 Å². The molecule has 1 amide bonds. The smallest absolute Gasteiger partial charge is 0.225 e. The molecular weight excluding hydrogens is 228 g/mol. The average molecular weight is 243 g/mol. The van der Waals surface area contributed by atoms with Crippen LogP contribution in [0.3, 0.4) is 0 Å². The van der Waals surface area contributed by atoms with E-state index in [1.165, 1.54) is 0 Å². The summed E-state index contributed by atoms with van der Waals surface area (Å²) in [6.45, 7) is 1.77. The maximum atomic E-state index is 11.5. The lowest BCUT2D eigenvalue weighted by molar-refractivity contribution is -0.116. The molecule has 0 saturated heterocycles. The summed E-state index contributed by atoms with van der Waals surface area (Å²) in [7, 11) is 1.55. The van der Waals surface area contributed by atoms with Crippen LogP contribution in [0.1, 0.15) is 13.3 Å². The third-order valence-corrected chi connectivity index (χ3v) is 2.28. The van der Waals surface area contributed by atoms with E-state index in [1.54, 1.807) is 32.2 Å². The predicted octanol–water partition coefficient (Wildman–Crippen LogP) is 2.02. The molecule has 0 aromatic heterocycles. The van der Waals surface area contributed by atoms with Crippen molar-refractivity contribution in [3.63, 3.8) is 0 Å². The van der Waals surface area contributed by atoms with Gasteiger partial charge in [0.15, 0.2) is 0 Å². The second kappa shape index (κ2) is 5.72. The third-order valence-electron chi connectivity index (χ3n) is 1.95. The Labute approximate surface area is 99.7 Å². The molecule has 0 fully saturated rings. The van der Waals surface area contributed by atoms with Crippen molar-refractivity contribution >= 4 is 23.2 Å². The zero-order valence-electron chi connectivity index (χ0n) is 9.29. The van der Waals surface area contributed by atoms with Crippen LogP contribution in [0.15, 0.2) is 18.2 Å². The van der Waals surface area contributed by atoms with Crippen molar-refractivity contribution in [2.24, 2.45) is 5.73 Å². The summed E-state index contributed by atoms with van der Waals surface area (Å²) in [5, 5.41) is 3.16. The minimum Gasteiger partial charge on any atom is -0.497 e. The summed E-state index contributed by atoms with van der Waals surface area (Å²) in [5.74, 6) is 0.477. The number of hydrogen-bond donors (Lipinski definition) is 2. The molecule has 0 aliphatic carbocycles. The number of carbonyl (C=O) groups is 1. The lowest BCUT2D eigenvalue weighted by Gasteiger charge is -2.10. The van der Waals surface area contributed by atoms with Crippen molar-refractivity contribution in [2.75, 3.05) is 12.4 Å². The molecular formula is C11H15ClN2O2. The van der Waals surface area contributed by atoms with E-state index in [9.17, 15) is 4.79 Å². The molecule has 88 valence electrons. The van der Waals surface area contributed by atoms with Gasteiger partial charge in [-0.05, 0) is 19.1 Å². The molecule has 5 heteroatoms. The minimum atomic E-state index is -0.176. The van der Waals surface area contributed by atoms with Gasteiger partial charge in [-0.25, -0.2) is 0 Å². The molecule has 0 bridgehead atoms. The molecule has 0 saturated carbocycles. The van der Waals surface area contributed by atoms with E-state index in [4.69, 9.17) is 22.1 Å². The van der Waals surface area contributed by atoms with Crippen LogP contribution in [0.25, 0.3) is 0 Å². The molecule has 1 rings (SSSR count). The molecule has 0 heterocycles. The molecule has 1 unspecified atom stereocenters. The average Bonchev–Trinajstić information content (AvgIpc) is 2.20. The number of methoxy groups -OCH3 is 1. The van der Waals surface area contributed by atoms with Gasteiger partial charge in [0.1, 0.15) is 5.75 Å². The number of rotatable bonds is 4. The molecule has 16 heavy (non-hydrogen) atoms. The van der Waals surface area contributed by atoms with Gasteiger partial charge >= 0.3 is 0 Å². The zero-order chi connectivity index (χ0) is 12.1. The lowest BCUT2D eigenvalue weighted by Crippen LogP contribution is -2.24. The minimum absolute atomic E-state index is 0.162. The molecule has 1 aromatic rings. The number of ether oxygens (including phenoxy) is 1. The summed E-state index contributed by atoms with van der Waals surface area (Å²) < 4.78 is 5.04. The molecule has 1 atom stereocenters. The Morgan fingerprint density at radius 1 is 1.62 bits per heavy atom. The van der Waals surface area contributed by atoms with Crippen LogP contribution in [0.2, 0.25) is 5.02 Å². The quantitative estimate of drug-likeness (QED) is 0.849. The molecule has 0 aliphatic rings. The van der Waals surface area contributed by atoms with Crippen molar-refractivity contribution in [3.05, 3.63) is 23.2 Å². The molecule has 0 radical (unpaired) electrons. The Hall–Kier alpha value is -1.26. The zero-order valence-corrected chi connectivity index (χ0v) is 10.0. The molecule has 3 N–H and O–H groups in total. The number of amides is 1. The van der Waals surface area contributed by atoms with Crippen molar-refractivity contribution in [3.8, 4) is 5.75 Å². The molecule has 4 nitrogen and oxygen atoms in total. The van der Waals surface area contributed by atoms with Gasteiger partial charge in [-0.15, -0.1) is 0 Å². The first-order valence-corrected chi connectivity index (χ1v) is 5.29. The van der Waals surface area contributed by atoms with Gasteiger partial charge in [0.25, 0.3) is 0 Å². The maximum Gasteiger partial charge on any atom is 0.225 e. The first-order valence-electron chi connectivity index (χ1n) is 4.92. The number of nitrogens with two attached hydrogens (primary N) is 1. The number of carbonyl (C=O) groups excluding carboxylic acids is 1. The van der Waals surface area contributed by atoms with E-state index in [0.717, 1.165) is 0 Å². The van der Waals surface area contributed by atoms with E-state index < -0.39 is 0 Å². The number of anilines is 1.